The highest BCUT2D eigenvalue weighted by atomic mass is 16.5. The SMILES string of the molecule is COc1ccc2[nH]cc(C(C)(C)CNC(=O)Cc3ccccc3)c2c1. The number of aromatic nitrogens is 1. The number of amides is 1. The zero-order valence-electron chi connectivity index (χ0n) is 14.9. The highest BCUT2D eigenvalue weighted by Gasteiger charge is 2.25. The number of ether oxygens (including phenoxy) is 1. The van der Waals surface area contributed by atoms with Crippen molar-refractivity contribution >= 4 is 16.8 Å². The predicted octanol–water partition coefficient (Wildman–Crippen LogP) is 3.81. The Labute approximate surface area is 148 Å². The number of rotatable bonds is 6. The van der Waals surface area contributed by atoms with E-state index in [4.69, 9.17) is 4.74 Å². The van der Waals surface area contributed by atoms with Gasteiger partial charge < -0.3 is 15.0 Å². The Morgan fingerprint density at radius 3 is 2.64 bits per heavy atom. The molecule has 0 spiro atoms. The molecule has 0 aliphatic heterocycles. The summed E-state index contributed by atoms with van der Waals surface area (Å²) in [5.74, 6) is 0.869. The van der Waals surface area contributed by atoms with Gasteiger partial charge in [0.1, 0.15) is 5.75 Å². The summed E-state index contributed by atoms with van der Waals surface area (Å²) in [4.78, 5) is 15.6. The topological polar surface area (TPSA) is 54.1 Å². The normalized spacial score (nSPS) is 11.5. The van der Waals surface area contributed by atoms with Gasteiger partial charge >= 0.3 is 0 Å². The number of hydrogen-bond acceptors (Lipinski definition) is 2. The number of carbonyl (C=O) groups is 1. The van der Waals surface area contributed by atoms with Gasteiger partial charge in [0, 0.05) is 29.1 Å². The summed E-state index contributed by atoms with van der Waals surface area (Å²) in [5.41, 5.74) is 3.06. The van der Waals surface area contributed by atoms with Gasteiger partial charge in [-0.1, -0.05) is 44.2 Å². The Morgan fingerprint density at radius 2 is 1.92 bits per heavy atom. The first-order valence-electron chi connectivity index (χ1n) is 8.46. The van der Waals surface area contributed by atoms with E-state index in [0.29, 0.717) is 13.0 Å². The number of aromatic amines is 1. The van der Waals surface area contributed by atoms with Crippen LogP contribution in [0.5, 0.6) is 5.75 Å². The Balaban J connectivity index is 1.72. The van der Waals surface area contributed by atoms with Crippen LogP contribution in [0.2, 0.25) is 0 Å². The number of nitrogens with one attached hydrogen (secondary N) is 2. The van der Waals surface area contributed by atoms with Crippen LogP contribution >= 0.6 is 0 Å². The van der Waals surface area contributed by atoms with Gasteiger partial charge in [-0.15, -0.1) is 0 Å². The van der Waals surface area contributed by atoms with Gasteiger partial charge in [0.15, 0.2) is 0 Å². The van der Waals surface area contributed by atoms with E-state index in [1.165, 1.54) is 5.56 Å². The summed E-state index contributed by atoms with van der Waals surface area (Å²) < 4.78 is 5.34. The second-order valence-corrected chi connectivity index (χ2v) is 6.94. The largest absolute Gasteiger partial charge is 0.497 e. The summed E-state index contributed by atoms with van der Waals surface area (Å²) >= 11 is 0. The number of hydrogen-bond donors (Lipinski definition) is 2. The molecule has 0 radical (unpaired) electrons. The standard InChI is InChI=1S/C21H24N2O2/c1-21(2,14-23-20(24)11-15-7-5-4-6-8-15)18-13-22-19-10-9-16(25-3)12-17(18)19/h4-10,12-13,22H,11,14H2,1-3H3,(H,23,24). The molecule has 1 aromatic heterocycles. The zero-order valence-corrected chi connectivity index (χ0v) is 14.9. The summed E-state index contributed by atoms with van der Waals surface area (Å²) in [7, 11) is 1.67. The van der Waals surface area contributed by atoms with E-state index in [0.717, 1.165) is 22.2 Å². The highest BCUT2D eigenvalue weighted by molar-refractivity contribution is 5.86. The molecule has 3 rings (SSSR count). The molecule has 0 saturated heterocycles. The van der Waals surface area contributed by atoms with Crippen molar-refractivity contribution in [2.24, 2.45) is 0 Å². The lowest BCUT2D eigenvalue weighted by Gasteiger charge is -2.25. The molecule has 1 heterocycles. The van der Waals surface area contributed by atoms with Crippen LogP contribution in [-0.2, 0) is 16.6 Å². The fourth-order valence-corrected chi connectivity index (χ4v) is 3.05. The Bertz CT molecular complexity index is 866. The molecule has 25 heavy (non-hydrogen) atoms. The minimum absolute atomic E-state index is 0.0386. The third kappa shape index (κ3) is 3.85. The molecule has 2 N–H and O–H groups in total. The zero-order chi connectivity index (χ0) is 17.9. The predicted molar refractivity (Wildman–Crippen MR) is 101 cm³/mol. The molecule has 3 aromatic rings. The van der Waals surface area contributed by atoms with Crippen LogP contribution in [0.1, 0.15) is 25.0 Å². The number of H-pyrrole nitrogens is 1. The van der Waals surface area contributed by atoms with E-state index in [1.54, 1.807) is 7.11 Å². The molecule has 0 unspecified atom stereocenters. The van der Waals surface area contributed by atoms with Crippen LogP contribution < -0.4 is 10.1 Å². The van der Waals surface area contributed by atoms with Gasteiger partial charge in [0.05, 0.1) is 13.5 Å². The molecular weight excluding hydrogens is 312 g/mol. The number of carbonyl (C=O) groups excluding carboxylic acids is 1. The molecule has 0 fully saturated rings. The van der Waals surface area contributed by atoms with Gasteiger partial charge in [-0.05, 0) is 29.3 Å². The molecule has 4 nitrogen and oxygen atoms in total. The molecule has 0 saturated carbocycles. The van der Waals surface area contributed by atoms with E-state index in [-0.39, 0.29) is 11.3 Å². The van der Waals surface area contributed by atoms with Gasteiger partial charge in [-0.3, -0.25) is 4.79 Å². The molecule has 2 aromatic carbocycles. The van der Waals surface area contributed by atoms with Crippen molar-refractivity contribution in [2.75, 3.05) is 13.7 Å². The van der Waals surface area contributed by atoms with Gasteiger partial charge in [-0.2, -0.15) is 0 Å². The second-order valence-electron chi connectivity index (χ2n) is 6.94. The van der Waals surface area contributed by atoms with Crippen LogP contribution in [-0.4, -0.2) is 24.5 Å². The first-order chi connectivity index (χ1) is 12.0. The van der Waals surface area contributed by atoms with Crippen LogP contribution in [0.25, 0.3) is 10.9 Å². The maximum absolute atomic E-state index is 12.3. The van der Waals surface area contributed by atoms with Crippen LogP contribution in [0.3, 0.4) is 0 Å². The third-order valence-corrected chi connectivity index (χ3v) is 4.55. The Kier molecular flexibility index (Phi) is 4.79. The molecule has 0 aliphatic carbocycles. The fraction of sp³-hybridized carbons (Fsp3) is 0.286. The van der Waals surface area contributed by atoms with Crippen molar-refractivity contribution in [3.05, 3.63) is 65.9 Å². The average molecular weight is 336 g/mol. The lowest BCUT2D eigenvalue weighted by atomic mass is 9.84. The fourth-order valence-electron chi connectivity index (χ4n) is 3.05. The van der Waals surface area contributed by atoms with Crippen molar-refractivity contribution < 1.29 is 9.53 Å². The summed E-state index contributed by atoms with van der Waals surface area (Å²) in [5, 5.41) is 4.20. The van der Waals surface area contributed by atoms with Crippen molar-refractivity contribution in [2.45, 2.75) is 25.7 Å². The third-order valence-electron chi connectivity index (χ3n) is 4.55. The molecule has 4 heteroatoms. The monoisotopic (exact) mass is 336 g/mol. The van der Waals surface area contributed by atoms with Crippen molar-refractivity contribution in [3.8, 4) is 5.75 Å². The lowest BCUT2D eigenvalue weighted by Crippen LogP contribution is -2.37. The van der Waals surface area contributed by atoms with Crippen molar-refractivity contribution in [1.82, 2.24) is 10.3 Å². The van der Waals surface area contributed by atoms with E-state index in [9.17, 15) is 4.79 Å². The molecular formula is C21H24N2O2. The maximum Gasteiger partial charge on any atom is 0.224 e. The van der Waals surface area contributed by atoms with Crippen LogP contribution in [0.4, 0.5) is 0 Å². The van der Waals surface area contributed by atoms with E-state index >= 15 is 0 Å². The maximum atomic E-state index is 12.3. The highest BCUT2D eigenvalue weighted by Crippen LogP contribution is 2.32. The van der Waals surface area contributed by atoms with Crippen LogP contribution in [0.15, 0.2) is 54.7 Å². The van der Waals surface area contributed by atoms with Crippen molar-refractivity contribution in [3.63, 3.8) is 0 Å². The molecule has 0 atom stereocenters. The van der Waals surface area contributed by atoms with E-state index in [1.807, 2.05) is 54.7 Å². The average Bonchev–Trinajstić information content (AvgIpc) is 3.05. The molecule has 1 amide bonds. The molecule has 130 valence electrons. The number of benzene rings is 2. The Morgan fingerprint density at radius 1 is 1.16 bits per heavy atom. The number of methoxy groups -OCH3 is 1. The van der Waals surface area contributed by atoms with Gasteiger partial charge in [0.2, 0.25) is 5.91 Å². The quantitative estimate of drug-likeness (QED) is 0.719. The van der Waals surface area contributed by atoms with Crippen LogP contribution in [0, 0.1) is 0 Å². The summed E-state index contributed by atoms with van der Waals surface area (Å²) in [6.07, 6.45) is 2.42. The first-order valence-corrected chi connectivity index (χ1v) is 8.46. The minimum atomic E-state index is -0.197. The van der Waals surface area contributed by atoms with Crippen molar-refractivity contribution in [1.29, 1.82) is 0 Å². The minimum Gasteiger partial charge on any atom is -0.497 e. The van der Waals surface area contributed by atoms with Gasteiger partial charge in [0.25, 0.3) is 0 Å². The Hall–Kier alpha value is -2.75. The summed E-state index contributed by atoms with van der Waals surface area (Å²) in [6.45, 7) is 4.85. The van der Waals surface area contributed by atoms with Gasteiger partial charge in [-0.25, -0.2) is 0 Å². The summed E-state index contributed by atoms with van der Waals surface area (Å²) in [6, 6.07) is 15.8. The first kappa shape index (κ1) is 17.1. The van der Waals surface area contributed by atoms with E-state index in [2.05, 4.69) is 24.1 Å². The molecule has 0 bridgehead atoms. The second kappa shape index (κ2) is 7.01. The molecule has 0 aliphatic rings. The smallest absolute Gasteiger partial charge is 0.224 e. The number of fused-ring (bicyclic) bond motifs is 1. The van der Waals surface area contributed by atoms with E-state index < -0.39 is 0 Å². The lowest BCUT2D eigenvalue weighted by molar-refractivity contribution is -0.120.